The van der Waals surface area contributed by atoms with Gasteiger partial charge in [-0.05, 0) is 32.4 Å². The van der Waals surface area contributed by atoms with Crippen LogP contribution in [-0.2, 0) is 4.79 Å². The summed E-state index contributed by atoms with van der Waals surface area (Å²) < 4.78 is 10.8. The van der Waals surface area contributed by atoms with E-state index in [0.717, 1.165) is 0 Å². The van der Waals surface area contributed by atoms with Crippen molar-refractivity contribution in [1.82, 2.24) is 0 Å². The molecule has 1 rings (SSSR count). The molecule has 0 aliphatic carbocycles. The Morgan fingerprint density at radius 3 is 2.33 bits per heavy atom. The van der Waals surface area contributed by atoms with Crippen molar-refractivity contribution in [3.63, 3.8) is 0 Å². The van der Waals surface area contributed by atoms with Crippen LogP contribution < -0.4 is 9.47 Å². The molecule has 1 aromatic carbocycles. The molecule has 5 heteroatoms. The highest BCUT2D eigenvalue weighted by atomic mass is 35.5. The molecule has 0 heterocycles. The van der Waals surface area contributed by atoms with Crippen LogP contribution in [0.25, 0.3) is 0 Å². The molecule has 0 radical (unpaired) electrons. The molecule has 0 aliphatic heterocycles. The number of hydrogen-bond acceptors (Lipinski definition) is 3. The molecule has 0 aromatic heterocycles. The van der Waals surface area contributed by atoms with Crippen LogP contribution in [0, 0.1) is 0 Å². The van der Waals surface area contributed by atoms with Crippen molar-refractivity contribution in [3.05, 3.63) is 22.7 Å². The fraction of sp³-hybridized carbons (Fsp3) is 0.462. The monoisotopic (exact) mass is 272 g/mol. The number of ether oxygens (including phenoxy) is 2. The molecule has 1 unspecified atom stereocenters. The Hall–Kier alpha value is -1.42. The van der Waals surface area contributed by atoms with Crippen LogP contribution in [0.3, 0.4) is 0 Å². The minimum absolute atomic E-state index is 0.0342. The van der Waals surface area contributed by atoms with Gasteiger partial charge in [0.25, 0.3) is 0 Å². The zero-order chi connectivity index (χ0) is 13.9. The van der Waals surface area contributed by atoms with Gasteiger partial charge in [0.05, 0.1) is 19.1 Å². The topological polar surface area (TPSA) is 55.8 Å². The Kier molecular flexibility index (Phi) is 4.84. The lowest BCUT2D eigenvalue weighted by Gasteiger charge is -2.17. The first-order valence-corrected chi connectivity index (χ1v) is 6.01. The van der Waals surface area contributed by atoms with Gasteiger partial charge in [-0.15, -0.1) is 0 Å². The summed E-state index contributed by atoms with van der Waals surface area (Å²) in [7, 11) is 1.51. The van der Waals surface area contributed by atoms with Crippen LogP contribution >= 0.6 is 11.6 Å². The molecule has 1 aromatic rings. The van der Waals surface area contributed by atoms with Gasteiger partial charge in [-0.3, -0.25) is 4.79 Å². The van der Waals surface area contributed by atoms with E-state index in [0.29, 0.717) is 22.1 Å². The number of aliphatic carboxylic acids is 1. The standard InChI is InChI=1S/C13H17ClO4/c1-7(2)18-12-5-9(8(3)13(15)16)10(14)6-11(12)17-4/h5-8H,1-4H3,(H,15,16). The molecule has 0 fully saturated rings. The Balaban J connectivity index is 3.24. The van der Waals surface area contributed by atoms with Crippen molar-refractivity contribution in [2.45, 2.75) is 32.8 Å². The summed E-state index contributed by atoms with van der Waals surface area (Å²) in [6.07, 6.45) is -0.0342. The summed E-state index contributed by atoms with van der Waals surface area (Å²) in [4.78, 5) is 11.0. The smallest absolute Gasteiger partial charge is 0.310 e. The number of rotatable bonds is 5. The van der Waals surface area contributed by atoms with Gasteiger partial charge in [-0.2, -0.15) is 0 Å². The number of halogens is 1. The van der Waals surface area contributed by atoms with Gasteiger partial charge in [-0.1, -0.05) is 11.6 Å². The van der Waals surface area contributed by atoms with Gasteiger partial charge in [0.1, 0.15) is 0 Å². The van der Waals surface area contributed by atoms with Crippen molar-refractivity contribution in [1.29, 1.82) is 0 Å². The average Bonchev–Trinajstić information content (AvgIpc) is 2.29. The Labute approximate surface area is 111 Å². The van der Waals surface area contributed by atoms with E-state index in [1.165, 1.54) is 7.11 Å². The van der Waals surface area contributed by atoms with Gasteiger partial charge >= 0.3 is 5.97 Å². The molecule has 0 aliphatic rings. The minimum atomic E-state index is -0.933. The molecule has 1 N–H and O–H groups in total. The number of carbonyl (C=O) groups is 1. The molecule has 0 spiro atoms. The molecule has 0 saturated carbocycles. The molecular weight excluding hydrogens is 256 g/mol. The molecule has 0 amide bonds. The number of carboxylic acids is 1. The van der Waals surface area contributed by atoms with E-state index in [2.05, 4.69) is 0 Å². The predicted molar refractivity (Wildman–Crippen MR) is 69.8 cm³/mol. The van der Waals surface area contributed by atoms with Crippen molar-refractivity contribution in [2.24, 2.45) is 0 Å². The summed E-state index contributed by atoms with van der Waals surface area (Å²) in [5.74, 6) is -0.634. The lowest BCUT2D eigenvalue weighted by molar-refractivity contribution is -0.138. The largest absolute Gasteiger partial charge is 0.493 e. The summed E-state index contributed by atoms with van der Waals surface area (Å²) in [5, 5.41) is 9.39. The Bertz CT molecular complexity index is 443. The second-order valence-electron chi connectivity index (χ2n) is 4.25. The van der Waals surface area contributed by atoms with Crippen LogP contribution in [-0.4, -0.2) is 24.3 Å². The molecule has 18 heavy (non-hydrogen) atoms. The average molecular weight is 273 g/mol. The molecule has 0 saturated heterocycles. The number of benzene rings is 1. The number of carboxylic acid groups (broad SMARTS) is 1. The van der Waals surface area contributed by atoms with E-state index in [1.54, 1.807) is 19.1 Å². The zero-order valence-electron chi connectivity index (χ0n) is 10.9. The predicted octanol–water partition coefficient (Wildman–Crippen LogP) is 3.32. The molecule has 0 bridgehead atoms. The maximum atomic E-state index is 11.0. The van der Waals surface area contributed by atoms with Gasteiger partial charge in [0.15, 0.2) is 11.5 Å². The fourth-order valence-electron chi connectivity index (χ4n) is 1.52. The zero-order valence-corrected chi connectivity index (χ0v) is 11.6. The second-order valence-corrected chi connectivity index (χ2v) is 4.66. The quantitative estimate of drug-likeness (QED) is 0.893. The van der Waals surface area contributed by atoms with Gasteiger partial charge in [0, 0.05) is 11.1 Å². The SMILES string of the molecule is COc1cc(Cl)c(C(C)C(=O)O)cc1OC(C)C. The van der Waals surface area contributed by atoms with E-state index in [1.807, 2.05) is 13.8 Å². The highest BCUT2D eigenvalue weighted by Gasteiger charge is 2.20. The second kappa shape index (κ2) is 5.96. The molecule has 100 valence electrons. The third kappa shape index (κ3) is 3.29. The maximum Gasteiger partial charge on any atom is 0.310 e. The highest BCUT2D eigenvalue weighted by Crippen LogP contribution is 2.37. The van der Waals surface area contributed by atoms with Crippen LogP contribution in [0.15, 0.2) is 12.1 Å². The number of hydrogen-bond donors (Lipinski definition) is 1. The minimum Gasteiger partial charge on any atom is -0.493 e. The maximum absolute atomic E-state index is 11.0. The Morgan fingerprint density at radius 2 is 1.89 bits per heavy atom. The van der Waals surface area contributed by atoms with Crippen molar-refractivity contribution in [3.8, 4) is 11.5 Å². The normalized spacial score (nSPS) is 12.3. The van der Waals surface area contributed by atoms with E-state index in [9.17, 15) is 4.79 Å². The Morgan fingerprint density at radius 1 is 1.28 bits per heavy atom. The van der Waals surface area contributed by atoms with Gasteiger partial charge in [-0.25, -0.2) is 0 Å². The number of methoxy groups -OCH3 is 1. The summed E-state index contributed by atoms with van der Waals surface area (Å²) in [6, 6.07) is 3.20. The summed E-state index contributed by atoms with van der Waals surface area (Å²) in [5.41, 5.74) is 0.514. The van der Waals surface area contributed by atoms with Crippen LogP contribution in [0.1, 0.15) is 32.3 Å². The van der Waals surface area contributed by atoms with E-state index in [4.69, 9.17) is 26.2 Å². The lowest BCUT2D eigenvalue weighted by Crippen LogP contribution is -2.11. The first-order valence-electron chi connectivity index (χ1n) is 5.63. The first kappa shape index (κ1) is 14.6. The van der Waals surface area contributed by atoms with Crippen LogP contribution in [0.5, 0.6) is 11.5 Å². The van der Waals surface area contributed by atoms with Gasteiger partial charge < -0.3 is 14.6 Å². The van der Waals surface area contributed by atoms with E-state index in [-0.39, 0.29) is 6.10 Å². The first-order chi connectivity index (χ1) is 8.36. The third-order valence-electron chi connectivity index (χ3n) is 2.48. The third-order valence-corrected chi connectivity index (χ3v) is 2.81. The van der Waals surface area contributed by atoms with Gasteiger partial charge in [0.2, 0.25) is 0 Å². The van der Waals surface area contributed by atoms with Crippen molar-refractivity contribution < 1.29 is 19.4 Å². The van der Waals surface area contributed by atoms with Crippen LogP contribution in [0.4, 0.5) is 0 Å². The lowest BCUT2D eigenvalue weighted by atomic mass is 10.0. The summed E-state index contributed by atoms with van der Waals surface area (Å²) in [6.45, 7) is 5.35. The van der Waals surface area contributed by atoms with Crippen molar-refractivity contribution in [2.75, 3.05) is 7.11 Å². The highest BCUT2D eigenvalue weighted by molar-refractivity contribution is 6.31. The summed E-state index contributed by atoms with van der Waals surface area (Å²) >= 11 is 6.06. The van der Waals surface area contributed by atoms with E-state index >= 15 is 0 Å². The molecule has 4 nitrogen and oxygen atoms in total. The molecule has 1 atom stereocenters. The van der Waals surface area contributed by atoms with Crippen LogP contribution in [0.2, 0.25) is 5.02 Å². The van der Waals surface area contributed by atoms with Crippen molar-refractivity contribution >= 4 is 17.6 Å². The molecular formula is C13H17ClO4. The fourth-order valence-corrected chi connectivity index (χ4v) is 1.84. The van der Waals surface area contributed by atoms with E-state index < -0.39 is 11.9 Å².